The van der Waals surface area contributed by atoms with Crippen LogP contribution in [0.1, 0.15) is 32.1 Å². The van der Waals surface area contributed by atoms with Crippen molar-refractivity contribution in [3.63, 3.8) is 0 Å². The molecule has 0 amide bonds. The number of rotatable bonds is 0. The molecule has 0 spiro atoms. The van der Waals surface area contributed by atoms with E-state index in [9.17, 15) is 0 Å². The van der Waals surface area contributed by atoms with E-state index in [1.165, 1.54) is 6.42 Å². The van der Waals surface area contributed by atoms with Gasteiger partial charge in [-0.3, -0.25) is 0 Å². The van der Waals surface area contributed by atoms with Crippen molar-refractivity contribution in [3.8, 4) is 0 Å². The summed E-state index contributed by atoms with van der Waals surface area (Å²) in [5.74, 6) is 0. The van der Waals surface area contributed by atoms with E-state index in [4.69, 9.17) is 19.2 Å². The maximum absolute atomic E-state index is 4.97. The zero-order chi connectivity index (χ0) is 9.90. The third-order valence-electron chi connectivity index (χ3n) is 2.03. The van der Waals surface area contributed by atoms with Crippen molar-refractivity contribution >= 4 is 0 Å². The quantitative estimate of drug-likeness (QED) is 0.565. The standard InChI is InChI=1S/2C5H10O2/c1-2-4-7-5-6-3-1;1-2-4-6-7-5-3-1/h2*1-5H2. The lowest BCUT2D eigenvalue weighted by atomic mass is 10.3. The van der Waals surface area contributed by atoms with Crippen LogP contribution in [0.25, 0.3) is 0 Å². The first-order chi connectivity index (χ1) is 7.00. The van der Waals surface area contributed by atoms with Crippen LogP contribution in [0.15, 0.2) is 0 Å². The van der Waals surface area contributed by atoms with E-state index < -0.39 is 0 Å². The molecule has 0 aromatic carbocycles. The van der Waals surface area contributed by atoms with Crippen molar-refractivity contribution in [2.24, 2.45) is 0 Å². The van der Waals surface area contributed by atoms with Gasteiger partial charge in [0.15, 0.2) is 0 Å². The van der Waals surface area contributed by atoms with Crippen molar-refractivity contribution in [2.45, 2.75) is 32.1 Å². The van der Waals surface area contributed by atoms with Gasteiger partial charge in [-0.2, -0.15) is 0 Å². The Balaban J connectivity index is 0.000000140. The molecule has 2 aliphatic rings. The van der Waals surface area contributed by atoms with Crippen LogP contribution >= 0.6 is 0 Å². The SMILES string of the molecule is C1CCOCOC1.C1CCOOCC1. The monoisotopic (exact) mass is 204 g/mol. The maximum Gasteiger partial charge on any atom is 0.146 e. The van der Waals surface area contributed by atoms with Gasteiger partial charge in [0.2, 0.25) is 0 Å². The van der Waals surface area contributed by atoms with E-state index in [-0.39, 0.29) is 0 Å². The maximum atomic E-state index is 4.97. The van der Waals surface area contributed by atoms with Gasteiger partial charge in [0.25, 0.3) is 0 Å². The molecule has 84 valence electrons. The van der Waals surface area contributed by atoms with Crippen molar-refractivity contribution in [1.29, 1.82) is 0 Å². The average molecular weight is 204 g/mol. The molecule has 0 atom stereocenters. The van der Waals surface area contributed by atoms with E-state index in [0.29, 0.717) is 6.79 Å². The van der Waals surface area contributed by atoms with Crippen LogP contribution in [0.4, 0.5) is 0 Å². The molecule has 2 fully saturated rings. The third-order valence-corrected chi connectivity index (χ3v) is 2.03. The Morgan fingerprint density at radius 1 is 0.500 bits per heavy atom. The summed E-state index contributed by atoms with van der Waals surface area (Å²) in [5, 5.41) is 0. The van der Waals surface area contributed by atoms with Crippen molar-refractivity contribution in [1.82, 2.24) is 0 Å². The predicted octanol–water partition coefficient (Wildman–Crippen LogP) is 1.89. The van der Waals surface area contributed by atoms with E-state index >= 15 is 0 Å². The molecule has 0 N–H and O–H groups in total. The summed E-state index contributed by atoms with van der Waals surface area (Å²) in [5.41, 5.74) is 0. The van der Waals surface area contributed by atoms with Crippen LogP contribution in [0.2, 0.25) is 0 Å². The Labute approximate surface area is 85.4 Å². The summed E-state index contributed by atoms with van der Waals surface area (Å²) in [4.78, 5) is 9.39. The Hall–Kier alpha value is -0.160. The first kappa shape index (κ1) is 11.9. The minimum absolute atomic E-state index is 0.500. The van der Waals surface area contributed by atoms with Crippen LogP contribution in [0, 0.1) is 0 Å². The van der Waals surface area contributed by atoms with Crippen LogP contribution < -0.4 is 0 Å². The second-order valence-corrected chi connectivity index (χ2v) is 3.35. The van der Waals surface area contributed by atoms with Crippen LogP contribution in [0.3, 0.4) is 0 Å². The molecular weight excluding hydrogens is 184 g/mol. The Kier molecular flexibility index (Phi) is 8.00. The number of ether oxygens (including phenoxy) is 2. The third kappa shape index (κ3) is 7.26. The molecular formula is C10H20O4. The van der Waals surface area contributed by atoms with Gasteiger partial charge in [-0.15, -0.1) is 0 Å². The fourth-order valence-corrected chi connectivity index (χ4v) is 1.20. The van der Waals surface area contributed by atoms with Crippen LogP contribution in [-0.4, -0.2) is 33.2 Å². The Bertz CT molecular complexity index is 65.4. The zero-order valence-electron chi connectivity index (χ0n) is 8.70. The lowest BCUT2D eigenvalue weighted by Gasteiger charge is -1.93. The molecule has 2 saturated heterocycles. The molecule has 0 saturated carbocycles. The van der Waals surface area contributed by atoms with Gasteiger partial charge >= 0.3 is 0 Å². The number of hydrogen-bond acceptors (Lipinski definition) is 4. The van der Waals surface area contributed by atoms with Gasteiger partial charge in [-0.25, -0.2) is 9.78 Å². The first-order valence-electron chi connectivity index (χ1n) is 5.40. The normalized spacial score (nSPS) is 24.0. The highest BCUT2D eigenvalue weighted by Gasteiger charge is 1.96. The van der Waals surface area contributed by atoms with Crippen molar-refractivity contribution in [3.05, 3.63) is 0 Å². The molecule has 0 radical (unpaired) electrons. The number of hydrogen-bond donors (Lipinski definition) is 0. The average Bonchev–Trinajstić information content (AvgIpc) is 2.68. The van der Waals surface area contributed by atoms with Crippen LogP contribution in [-0.2, 0) is 19.2 Å². The molecule has 0 aromatic heterocycles. The van der Waals surface area contributed by atoms with Gasteiger partial charge in [0.05, 0.1) is 13.2 Å². The van der Waals surface area contributed by atoms with Crippen molar-refractivity contribution < 1.29 is 19.2 Å². The highest BCUT2D eigenvalue weighted by molar-refractivity contribution is 4.40. The van der Waals surface area contributed by atoms with Gasteiger partial charge in [0, 0.05) is 13.2 Å². The molecule has 0 bridgehead atoms. The largest absolute Gasteiger partial charge is 0.355 e. The Morgan fingerprint density at radius 3 is 1.57 bits per heavy atom. The molecule has 2 heterocycles. The summed E-state index contributed by atoms with van der Waals surface area (Å²) in [6.07, 6.45) is 5.86. The lowest BCUT2D eigenvalue weighted by molar-refractivity contribution is -0.287. The zero-order valence-corrected chi connectivity index (χ0v) is 8.70. The fraction of sp³-hybridized carbons (Fsp3) is 1.00. The fourth-order valence-electron chi connectivity index (χ4n) is 1.20. The van der Waals surface area contributed by atoms with Crippen molar-refractivity contribution in [2.75, 3.05) is 33.2 Å². The second-order valence-electron chi connectivity index (χ2n) is 3.35. The molecule has 0 aliphatic carbocycles. The highest BCUT2D eigenvalue weighted by Crippen LogP contribution is 2.01. The molecule has 4 heteroatoms. The minimum Gasteiger partial charge on any atom is -0.355 e. The molecule has 2 aliphatic heterocycles. The summed E-state index contributed by atoms with van der Waals surface area (Å²) in [6.45, 7) is 3.81. The predicted molar refractivity (Wildman–Crippen MR) is 51.8 cm³/mol. The molecule has 0 unspecified atom stereocenters. The smallest absolute Gasteiger partial charge is 0.146 e. The summed E-state index contributed by atoms with van der Waals surface area (Å²) < 4.78 is 9.94. The van der Waals surface area contributed by atoms with E-state index in [1.54, 1.807) is 0 Å². The summed E-state index contributed by atoms with van der Waals surface area (Å²) in [7, 11) is 0. The van der Waals surface area contributed by atoms with E-state index in [2.05, 4.69) is 0 Å². The van der Waals surface area contributed by atoms with E-state index in [0.717, 1.165) is 52.1 Å². The van der Waals surface area contributed by atoms with Gasteiger partial charge in [-0.1, -0.05) is 0 Å². The van der Waals surface area contributed by atoms with Crippen LogP contribution in [0.5, 0.6) is 0 Å². The topological polar surface area (TPSA) is 36.9 Å². The van der Waals surface area contributed by atoms with Gasteiger partial charge < -0.3 is 9.47 Å². The molecule has 2 rings (SSSR count). The minimum atomic E-state index is 0.500. The molecule has 0 aromatic rings. The molecule has 4 nitrogen and oxygen atoms in total. The molecule has 14 heavy (non-hydrogen) atoms. The summed E-state index contributed by atoms with van der Waals surface area (Å²) >= 11 is 0. The van der Waals surface area contributed by atoms with E-state index in [1.807, 2.05) is 0 Å². The lowest BCUT2D eigenvalue weighted by Crippen LogP contribution is -1.93. The van der Waals surface area contributed by atoms with Gasteiger partial charge in [-0.05, 0) is 32.1 Å². The highest BCUT2D eigenvalue weighted by atomic mass is 17.2. The first-order valence-corrected chi connectivity index (χ1v) is 5.40. The second kappa shape index (κ2) is 9.40. The summed E-state index contributed by atoms with van der Waals surface area (Å²) in [6, 6.07) is 0. The Morgan fingerprint density at radius 2 is 1.00 bits per heavy atom. The van der Waals surface area contributed by atoms with Gasteiger partial charge in [0.1, 0.15) is 6.79 Å².